The molecule has 1 N–H and O–H groups in total. The number of thiophene rings is 1. The van der Waals surface area contributed by atoms with Gasteiger partial charge in [0.15, 0.2) is 0 Å². The van der Waals surface area contributed by atoms with Crippen molar-refractivity contribution in [3.05, 3.63) is 52.2 Å². The second-order valence-corrected chi connectivity index (χ2v) is 6.21. The van der Waals surface area contributed by atoms with Gasteiger partial charge in [-0.3, -0.25) is 9.69 Å². The molecular formula is C16H17F3N2OS. The molecule has 0 radical (unpaired) electrons. The van der Waals surface area contributed by atoms with Crippen molar-refractivity contribution in [2.75, 3.05) is 18.9 Å². The Balaban J connectivity index is 1.92. The van der Waals surface area contributed by atoms with Crippen LogP contribution in [0.3, 0.4) is 0 Å². The Hall–Kier alpha value is -1.86. The first-order chi connectivity index (χ1) is 10.8. The highest BCUT2D eigenvalue weighted by atomic mass is 32.1. The van der Waals surface area contributed by atoms with Crippen LogP contribution in [0.15, 0.2) is 41.8 Å². The Morgan fingerprint density at radius 1 is 1.26 bits per heavy atom. The van der Waals surface area contributed by atoms with Gasteiger partial charge in [-0.25, -0.2) is 0 Å². The molecule has 1 aromatic heterocycles. The largest absolute Gasteiger partial charge is 0.416 e. The molecule has 1 aromatic carbocycles. The van der Waals surface area contributed by atoms with E-state index in [1.165, 1.54) is 12.1 Å². The van der Waals surface area contributed by atoms with E-state index in [2.05, 4.69) is 5.32 Å². The molecule has 2 rings (SSSR count). The fourth-order valence-electron chi connectivity index (χ4n) is 2.05. The van der Waals surface area contributed by atoms with Gasteiger partial charge in [0.25, 0.3) is 0 Å². The van der Waals surface area contributed by atoms with E-state index in [-0.39, 0.29) is 18.5 Å². The van der Waals surface area contributed by atoms with Crippen LogP contribution in [0.25, 0.3) is 0 Å². The lowest BCUT2D eigenvalue weighted by Crippen LogP contribution is -2.31. The highest BCUT2D eigenvalue weighted by molar-refractivity contribution is 7.10. The average molecular weight is 342 g/mol. The summed E-state index contributed by atoms with van der Waals surface area (Å²) in [5.74, 6) is -0.268. The minimum absolute atomic E-state index is 0.0911. The fraction of sp³-hybridized carbons (Fsp3) is 0.312. The topological polar surface area (TPSA) is 32.3 Å². The number of rotatable bonds is 5. The van der Waals surface area contributed by atoms with Crippen molar-refractivity contribution in [1.82, 2.24) is 4.90 Å². The molecule has 1 amide bonds. The van der Waals surface area contributed by atoms with Gasteiger partial charge >= 0.3 is 6.18 Å². The van der Waals surface area contributed by atoms with E-state index in [1.807, 2.05) is 36.4 Å². The Bertz CT molecular complexity index is 638. The van der Waals surface area contributed by atoms with Crippen LogP contribution in [0.5, 0.6) is 0 Å². The molecule has 1 heterocycles. The normalized spacial score (nSPS) is 13.1. The molecule has 2 aromatic rings. The predicted octanol–water partition coefficient (Wildman–Crippen LogP) is 4.40. The van der Waals surface area contributed by atoms with Crippen LogP contribution in [-0.4, -0.2) is 24.4 Å². The van der Waals surface area contributed by atoms with Gasteiger partial charge < -0.3 is 5.32 Å². The molecule has 0 saturated carbocycles. The van der Waals surface area contributed by atoms with Crippen LogP contribution < -0.4 is 5.32 Å². The van der Waals surface area contributed by atoms with E-state index in [0.29, 0.717) is 5.69 Å². The van der Waals surface area contributed by atoms with Gasteiger partial charge in [0, 0.05) is 16.6 Å². The smallest absolute Gasteiger partial charge is 0.325 e. The summed E-state index contributed by atoms with van der Waals surface area (Å²) in [6.07, 6.45) is -4.38. The van der Waals surface area contributed by atoms with Crippen LogP contribution in [0.4, 0.5) is 18.9 Å². The quantitative estimate of drug-likeness (QED) is 0.873. The molecule has 23 heavy (non-hydrogen) atoms. The molecule has 1 unspecified atom stereocenters. The monoisotopic (exact) mass is 342 g/mol. The summed E-state index contributed by atoms with van der Waals surface area (Å²) in [5, 5.41) is 4.58. The van der Waals surface area contributed by atoms with E-state index in [4.69, 9.17) is 0 Å². The van der Waals surface area contributed by atoms with Gasteiger partial charge in [-0.15, -0.1) is 11.3 Å². The Morgan fingerprint density at radius 2 is 1.91 bits per heavy atom. The Labute approximate surface area is 136 Å². The van der Waals surface area contributed by atoms with Gasteiger partial charge in [0.1, 0.15) is 0 Å². The first-order valence-electron chi connectivity index (χ1n) is 6.98. The van der Waals surface area contributed by atoms with Crippen molar-refractivity contribution in [3.63, 3.8) is 0 Å². The SMILES string of the molecule is CC(c1cccs1)N(C)CC(=O)Nc1ccc(C(F)(F)F)cc1. The van der Waals surface area contributed by atoms with Crippen molar-refractivity contribution in [2.45, 2.75) is 19.1 Å². The van der Waals surface area contributed by atoms with E-state index in [9.17, 15) is 18.0 Å². The number of hydrogen-bond acceptors (Lipinski definition) is 3. The van der Waals surface area contributed by atoms with Crippen LogP contribution in [0, 0.1) is 0 Å². The van der Waals surface area contributed by atoms with Crippen molar-refractivity contribution >= 4 is 22.9 Å². The fourth-order valence-corrected chi connectivity index (χ4v) is 2.90. The number of likely N-dealkylation sites (N-methyl/N-ethyl adjacent to an activating group) is 1. The average Bonchev–Trinajstić information content (AvgIpc) is 3.00. The van der Waals surface area contributed by atoms with Gasteiger partial charge in [0.05, 0.1) is 12.1 Å². The maximum Gasteiger partial charge on any atom is 0.416 e. The van der Waals surface area contributed by atoms with Crippen molar-refractivity contribution in [2.24, 2.45) is 0 Å². The summed E-state index contributed by atoms with van der Waals surface area (Å²) in [5.41, 5.74) is -0.390. The van der Waals surface area contributed by atoms with Crippen LogP contribution in [0.1, 0.15) is 23.4 Å². The summed E-state index contributed by atoms with van der Waals surface area (Å²) in [6.45, 7) is 2.15. The maximum absolute atomic E-state index is 12.5. The molecule has 0 aliphatic carbocycles. The molecule has 0 aliphatic rings. The standard InChI is InChI=1S/C16H17F3N2OS/c1-11(14-4-3-9-23-14)21(2)10-15(22)20-13-7-5-12(6-8-13)16(17,18)19/h3-9,11H,10H2,1-2H3,(H,20,22). The minimum Gasteiger partial charge on any atom is -0.325 e. The molecule has 1 atom stereocenters. The number of hydrogen-bond donors (Lipinski definition) is 1. The zero-order chi connectivity index (χ0) is 17.0. The number of carbonyl (C=O) groups excluding carboxylic acids is 1. The number of amides is 1. The van der Waals surface area contributed by atoms with Crippen molar-refractivity contribution in [3.8, 4) is 0 Å². The van der Waals surface area contributed by atoms with Crippen LogP contribution in [-0.2, 0) is 11.0 Å². The lowest BCUT2D eigenvalue weighted by Gasteiger charge is -2.23. The molecule has 0 aliphatic heterocycles. The number of halogens is 3. The summed E-state index contributed by atoms with van der Waals surface area (Å²) >= 11 is 1.61. The lowest BCUT2D eigenvalue weighted by atomic mass is 10.2. The number of alkyl halides is 3. The Morgan fingerprint density at radius 3 is 2.43 bits per heavy atom. The summed E-state index contributed by atoms with van der Waals surface area (Å²) in [4.78, 5) is 15.0. The third-order valence-electron chi connectivity index (χ3n) is 3.51. The van der Waals surface area contributed by atoms with E-state index >= 15 is 0 Å². The highest BCUT2D eigenvalue weighted by Crippen LogP contribution is 2.29. The molecule has 0 spiro atoms. The number of anilines is 1. The van der Waals surface area contributed by atoms with Crippen molar-refractivity contribution in [1.29, 1.82) is 0 Å². The molecule has 0 saturated heterocycles. The minimum atomic E-state index is -4.38. The molecular weight excluding hydrogens is 325 g/mol. The second kappa shape index (κ2) is 7.14. The molecule has 0 bridgehead atoms. The van der Waals surface area contributed by atoms with Gasteiger partial charge in [0.2, 0.25) is 5.91 Å². The Kier molecular flexibility index (Phi) is 5.43. The molecule has 0 fully saturated rings. The lowest BCUT2D eigenvalue weighted by molar-refractivity contribution is -0.137. The number of carbonyl (C=O) groups is 1. The predicted molar refractivity (Wildman–Crippen MR) is 85.4 cm³/mol. The zero-order valence-corrected chi connectivity index (χ0v) is 13.5. The maximum atomic E-state index is 12.5. The second-order valence-electron chi connectivity index (χ2n) is 5.23. The molecule has 7 heteroatoms. The zero-order valence-electron chi connectivity index (χ0n) is 12.7. The van der Waals surface area contributed by atoms with Gasteiger partial charge in [-0.05, 0) is 49.7 Å². The van der Waals surface area contributed by atoms with E-state index in [0.717, 1.165) is 17.0 Å². The van der Waals surface area contributed by atoms with Gasteiger partial charge in [-0.2, -0.15) is 13.2 Å². The molecule has 3 nitrogen and oxygen atoms in total. The van der Waals surface area contributed by atoms with E-state index < -0.39 is 11.7 Å². The molecule has 124 valence electrons. The first kappa shape index (κ1) is 17.5. The number of nitrogens with zero attached hydrogens (tertiary/aromatic N) is 1. The number of nitrogens with one attached hydrogen (secondary N) is 1. The van der Waals surface area contributed by atoms with Gasteiger partial charge in [-0.1, -0.05) is 6.07 Å². The summed E-state index contributed by atoms with van der Waals surface area (Å²) in [7, 11) is 1.83. The summed E-state index contributed by atoms with van der Waals surface area (Å²) < 4.78 is 37.5. The third-order valence-corrected chi connectivity index (χ3v) is 4.55. The highest BCUT2D eigenvalue weighted by Gasteiger charge is 2.30. The number of benzene rings is 1. The van der Waals surface area contributed by atoms with Crippen LogP contribution in [0.2, 0.25) is 0 Å². The van der Waals surface area contributed by atoms with E-state index in [1.54, 1.807) is 11.3 Å². The van der Waals surface area contributed by atoms with Crippen LogP contribution >= 0.6 is 11.3 Å². The van der Waals surface area contributed by atoms with Crippen molar-refractivity contribution < 1.29 is 18.0 Å². The first-order valence-corrected chi connectivity index (χ1v) is 7.86. The summed E-state index contributed by atoms with van der Waals surface area (Å²) in [6, 6.07) is 8.45. The third kappa shape index (κ3) is 4.80.